The number of nitrogens with zero attached hydrogens (tertiary/aromatic N) is 1. The Hall–Kier alpha value is -1.84. The number of rotatable bonds is 4. The monoisotopic (exact) mass is 289 g/mol. The first kappa shape index (κ1) is 15.5. The number of hydrogen-bond donors (Lipinski definition) is 0. The van der Waals surface area contributed by atoms with Crippen molar-refractivity contribution in [2.24, 2.45) is 5.92 Å². The van der Waals surface area contributed by atoms with Gasteiger partial charge in [-0.2, -0.15) is 0 Å². The van der Waals surface area contributed by atoms with Crippen molar-refractivity contribution in [2.45, 2.75) is 38.1 Å². The summed E-state index contributed by atoms with van der Waals surface area (Å²) >= 11 is 0. The van der Waals surface area contributed by atoms with Crippen molar-refractivity contribution in [2.75, 3.05) is 14.2 Å². The average Bonchev–Trinajstić information content (AvgIpc) is 2.55. The number of amides is 1. The van der Waals surface area contributed by atoms with E-state index in [0.29, 0.717) is 12.3 Å². The molecular weight excluding hydrogens is 266 g/mol. The Kier molecular flexibility index (Phi) is 5.37. The molecule has 4 heteroatoms. The number of esters is 1. The van der Waals surface area contributed by atoms with E-state index in [2.05, 4.69) is 0 Å². The number of benzene rings is 1. The van der Waals surface area contributed by atoms with Gasteiger partial charge < -0.3 is 9.64 Å². The zero-order valence-electron chi connectivity index (χ0n) is 12.7. The fraction of sp³-hybridized carbons (Fsp3) is 0.529. The predicted molar refractivity (Wildman–Crippen MR) is 80.9 cm³/mol. The van der Waals surface area contributed by atoms with E-state index < -0.39 is 0 Å². The molecule has 1 aliphatic carbocycles. The maximum Gasteiger partial charge on any atom is 0.305 e. The van der Waals surface area contributed by atoms with Crippen molar-refractivity contribution in [1.29, 1.82) is 0 Å². The molecule has 0 aliphatic heterocycles. The highest BCUT2D eigenvalue weighted by molar-refractivity contribution is 5.94. The van der Waals surface area contributed by atoms with Crippen molar-refractivity contribution in [3.8, 4) is 0 Å². The Labute approximate surface area is 126 Å². The second-order valence-corrected chi connectivity index (χ2v) is 5.74. The highest BCUT2D eigenvalue weighted by Gasteiger charge is 2.28. The van der Waals surface area contributed by atoms with Gasteiger partial charge in [-0.3, -0.25) is 9.59 Å². The van der Waals surface area contributed by atoms with Crippen LogP contribution in [0.15, 0.2) is 30.3 Å². The lowest BCUT2D eigenvalue weighted by atomic mass is 9.83. The SMILES string of the molecule is COC(=O)CC1CCC(N(C)C(=O)c2ccccc2)CC1. The maximum absolute atomic E-state index is 12.4. The van der Waals surface area contributed by atoms with Crippen LogP contribution >= 0.6 is 0 Å². The zero-order valence-corrected chi connectivity index (χ0v) is 12.7. The third-order valence-electron chi connectivity index (χ3n) is 4.39. The summed E-state index contributed by atoms with van der Waals surface area (Å²) in [5.74, 6) is 0.341. The zero-order chi connectivity index (χ0) is 15.2. The van der Waals surface area contributed by atoms with Gasteiger partial charge in [0.15, 0.2) is 0 Å². The van der Waals surface area contributed by atoms with Crippen LogP contribution in [0.25, 0.3) is 0 Å². The number of ether oxygens (including phenoxy) is 1. The minimum absolute atomic E-state index is 0.0759. The number of methoxy groups -OCH3 is 1. The molecule has 0 aromatic heterocycles. The van der Waals surface area contributed by atoms with Gasteiger partial charge in [0, 0.05) is 25.1 Å². The normalized spacial score (nSPS) is 21.6. The molecule has 114 valence electrons. The van der Waals surface area contributed by atoms with E-state index in [4.69, 9.17) is 4.74 Å². The molecule has 1 aromatic rings. The number of hydrogen-bond acceptors (Lipinski definition) is 3. The van der Waals surface area contributed by atoms with Gasteiger partial charge in [0.1, 0.15) is 0 Å². The van der Waals surface area contributed by atoms with Crippen LogP contribution in [0.1, 0.15) is 42.5 Å². The molecule has 4 nitrogen and oxygen atoms in total. The molecule has 0 N–H and O–H groups in total. The summed E-state index contributed by atoms with van der Waals surface area (Å²) in [4.78, 5) is 25.6. The highest BCUT2D eigenvalue weighted by Crippen LogP contribution is 2.30. The Morgan fingerprint density at radius 2 is 1.76 bits per heavy atom. The molecule has 1 aliphatic rings. The Morgan fingerprint density at radius 1 is 1.14 bits per heavy atom. The van der Waals surface area contributed by atoms with E-state index >= 15 is 0 Å². The summed E-state index contributed by atoms with van der Waals surface area (Å²) in [5, 5.41) is 0. The maximum atomic E-state index is 12.4. The van der Waals surface area contributed by atoms with E-state index in [1.54, 1.807) is 0 Å². The van der Waals surface area contributed by atoms with Gasteiger partial charge in [-0.25, -0.2) is 0 Å². The summed E-state index contributed by atoms with van der Waals surface area (Å²) in [7, 11) is 3.31. The first-order chi connectivity index (χ1) is 10.1. The Balaban J connectivity index is 1.87. The molecule has 0 radical (unpaired) electrons. The van der Waals surface area contributed by atoms with E-state index in [1.165, 1.54) is 7.11 Å². The predicted octanol–water partition coefficient (Wildman–Crippen LogP) is 2.88. The number of carbonyl (C=O) groups is 2. The second-order valence-electron chi connectivity index (χ2n) is 5.74. The average molecular weight is 289 g/mol. The van der Waals surface area contributed by atoms with Gasteiger partial charge in [0.2, 0.25) is 0 Å². The molecule has 1 aromatic carbocycles. The minimum Gasteiger partial charge on any atom is -0.469 e. The molecule has 2 rings (SSSR count). The smallest absolute Gasteiger partial charge is 0.305 e. The standard InChI is InChI=1S/C17H23NO3/c1-18(17(20)14-6-4-3-5-7-14)15-10-8-13(9-11-15)12-16(19)21-2/h3-7,13,15H,8-12H2,1-2H3. The molecule has 0 heterocycles. The first-order valence-electron chi connectivity index (χ1n) is 7.51. The largest absolute Gasteiger partial charge is 0.469 e. The molecule has 1 amide bonds. The van der Waals surface area contributed by atoms with Crippen molar-refractivity contribution in [1.82, 2.24) is 4.90 Å². The van der Waals surface area contributed by atoms with E-state index in [0.717, 1.165) is 31.2 Å². The van der Waals surface area contributed by atoms with Crippen LogP contribution in [0.3, 0.4) is 0 Å². The van der Waals surface area contributed by atoms with Crippen LogP contribution in [0.5, 0.6) is 0 Å². The van der Waals surface area contributed by atoms with E-state index in [-0.39, 0.29) is 17.9 Å². The van der Waals surface area contributed by atoms with E-state index in [1.807, 2.05) is 42.3 Å². The van der Waals surface area contributed by atoms with Crippen molar-refractivity contribution in [3.05, 3.63) is 35.9 Å². The molecule has 0 unspecified atom stereocenters. The van der Waals surface area contributed by atoms with Crippen molar-refractivity contribution >= 4 is 11.9 Å². The van der Waals surface area contributed by atoms with Gasteiger partial charge in [0.25, 0.3) is 5.91 Å². The molecule has 1 fully saturated rings. The summed E-state index contributed by atoms with van der Waals surface area (Å²) in [6, 6.07) is 9.65. The number of carbonyl (C=O) groups excluding carboxylic acids is 2. The minimum atomic E-state index is -0.132. The molecule has 0 saturated heterocycles. The van der Waals surface area contributed by atoms with Crippen molar-refractivity contribution in [3.63, 3.8) is 0 Å². The quantitative estimate of drug-likeness (QED) is 0.801. The molecule has 0 spiro atoms. The third-order valence-corrected chi connectivity index (χ3v) is 4.39. The molecule has 0 atom stereocenters. The topological polar surface area (TPSA) is 46.6 Å². The lowest BCUT2D eigenvalue weighted by Gasteiger charge is -2.34. The van der Waals surface area contributed by atoms with Crippen molar-refractivity contribution < 1.29 is 14.3 Å². The van der Waals surface area contributed by atoms with Crippen LogP contribution < -0.4 is 0 Å². The summed E-state index contributed by atoms with van der Waals surface area (Å²) in [6.07, 6.45) is 4.37. The fourth-order valence-electron chi connectivity index (χ4n) is 3.01. The Morgan fingerprint density at radius 3 is 2.33 bits per heavy atom. The van der Waals surface area contributed by atoms with Crippen LogP contribution in [0, 0.1) is 5.92 Å². The van der Waals surface area contributed by atoms with Gasteiger partial charge in [-0.1, -0.05) is 18.2 Å². The highest BCUT2D eigenvalue weighted by atomic mass is 16.5. The van der Waals surface area contributed by atoms with Crippen LogP contribution in [-0.4, -0.2) is 37.0 Å². The molecular formula is C17H23NO3. The third kappa shape index (κ3) is 4.06. The van der Waals surface area contributed by atoms with E-state index in [9.17, 15) is 9.59 Å². The fourth-order valence-corrected chi connectivity index (χ4v) is 3.01. The molecule has 21 heavy (non-hydrogen) atoms. The van der Waals surface area contributed by atoms with Gasteiger partial charge >= 0.3 is 5.97 Å². The van der Waals surface area contributed by atoms with Gasteiger partial charge in [0.05, 0.1) is 7.11 Å². The summed E-state index contributed by atoms with van der Waals surface area (Å²) in [5.41, 5.74) is 0.733. The summed E-state index contributed by atoms with van der Waals surface area (Å²) in [6.45, 7) is 0. The lowest BCUT2D eigenvalue weighted by Crippen LogP contribution is -2.39. The summed E-state index contributed by atoms with van der Waals surface area (Å²) < 4.78 is 4.72. The lowest BCUT2D eigenvalue weighted by molar-refractivity contribution is -0.142. The first-order valence-corrected chi connectivity index (χ1v) is 7.51. The van der Waals surface area contributed by atoms with Crippen LogP contribution in [0.2, 0.25) is 0 Å². The van der Waals surface area contributed by atoms with Gasteiger partial charge in [-0.05, 0) is 43.7 Å². The Bertz CT molecular complexity index is 478. The molecule has 0 bridgehead atoms. The van der Waals surface area contributed by atoms with Crippen LogP contribution in [-0.2, 0) is 9.53 Å². The van der Waals surface area contributed by atoms with Gasteiger partial charge in [-0.15, -0.1) is 0 Å². The van der Waals surface area contributed by atoms with Crippen LogP contribution in [0.4, 0.5) is 0 Å². The molecule has 1 saturated carbocycles. The second kappa shape index (κ2) is 7.25.